The van der Waals surface area contributed by atoms with Crippen LogP contribution in [0.25, 0.3) is 22.4 Å². The van der Waals surface area contributed by atoms with Gasteiger partial charge in [0.2, 0.25) is 0 Å². The van der Waals surface area contributed by atoms with Crippen LogP contribution in [0.5, 0.6) is 5.75 Å². The molecule has 2 aromatic heterocycles. The van der Waals surface area contributed by atoms with E-state index in [0.29, 0.717) is 11.7 Å². The first-order chi connectivity index (χ1) is 11.1. The number of nitrogens with zero attached hydrogens (tertiary/aromatic N) is 3. The molecule has 0 spiro atoms. The highest BCUT2D eigenvalue weighted by molar-refractivity contribution is 5.85. The van der Waals surface area contributed by atoms with Crippen molar-refractivity contribution in [3.05, 3.63) is 35.8 Å². The molecule has 2 heterocycles. The summed E-state index contributed by atoms with van der Waals surface area (Å²) >= 11 is 0. The molecular weight excluding hydrogens is 328 g/mol. The van der Waals surface area contributed by atoms with Crippen molar-refractivity contribution >= 4 is 23.3 Å². The van der Waals surface area contributed by atoms with Gasteiger partial charge in [-0.05, 0) is 44.4 Å². The largest absolute Gasteiger partial charge is 0.497 e. The zero-order chi connectivity index (χ0) is 16.0. The van der Waals surface area contributed by atoms with Gasteiger partial charge in [-0.3, -0.25) is 4.98 Å². The van der Waals surface area contributed by atoms with Crippen molar-refractivity contribution < 1.29 is 9.26 Å². The third-order valence-corrected chi connectivity index (χ3v) is 4.56. The number of fused-ring (bicyclic) bond motifs is 1. The van der Waals surface area contributed by atoms with Crippen LogP contribution in [-0.2, 0) is 5.54 Å². The molecular formula is C17H19ClN4O2. The fourth-order valence-corrected chi connectivity index (χ4v) is 2.90. The average Bonchev–Trinajstić information content (AvgIpc) is 3.01. The minimum atomic E-state index is -0.423. The molecule has 0 bridgehead atoms. The van der Waals surface area contributed by atoms with Crippen LogP contribution in [-0.4, -0.2) is 22.2 Å². The highest BCUT2D eigenvalue weighted by Gasteiger charge is 2.39. The van der Waals surface area contributed by atoms with E-state index in [9.17, 15) is 0 Å². The number of pyridine rings is 1. The Bertz CT molecular complexity index is 889. The van der Waals surface area contributed by atoms with Crippen LogP contribution in [0, 0.1) is 6.92 Å². The standard InChI is InChI=1S/C17H18N4O2.ClH/c1-10-13(8-11-4-5-12(22-2)9-14(11)19-10)15-20-16(21-23-15)17(18)6-3-7-17;/h4-5,8-9H,3,6-7,18H2,1-2H3;1H. The SMILES string of the molecule is COc1ccc2cc(-c3nc(C4(N)CCC4)no3)c(C)nc2c1.Cl. The Hall–Kier alpha value is -2.18. The zero-order valence-electron chi connectivity index (χ0n) is 13.6. The summed E-state index contributed by atoms with van der Waals surface area (Å²) in [6, 6.07) is 7.80. The Kier molecular flexibility index (Phi) is 4.19. The minimum Gasteiger partial charge on any atom is -0.497 e. The second kappa shape index (κ2) is 6.03. The molecule has 0 aliphatic heterocycles. The molecule has 1 saturated carbocycles. The summed E-state index contributed by atoms with van der Waals surface area (Å²) in [5.41, 5.74) is 8.38. The summed E-state index contributed by atoms with van der Waals surface area (Å²) in [4.78, 5) is 9.14. The number of methoxy groups -OCH3 is 1. The van der Waals surface area contributed by atoms with Gasteiger partial charge < -0.3 is 15.0 Å². The summed E-state index contributed by atoms with van der Waals surface area (Å²) in [6.45, 7) is 1.93. The lowest BCUT2D eigenvalue weighted by Gasteiger charge is -2.34. The van der Waals surface area contributed by atoms with Gasteiger partial charge in [-0.25, -0.2) is 0 Å². The highest BCUT2D eigenvalue weighted by atomic mass is 35.5. The van der Waals surface area contributed by atoms with Gasteiger partial charge in [0.1, 0.15) is 5.75 Å². The number of nitrogens with two attached hydrogens (primary N) is 1. The molecule has 3 aromatic rings. The summed E-state index contributed by atoms with van der Waals surface area (Å²) in [7, 11) is 1.64. The number of ether oxygens (including phenoxy) is 1. The molecule has 24 heavy (non-hydrogen) atoms. The fraction of sp³-hybridized carbons (Fsp3) is 0.353. The maximum atomic E-state index is 6.26. The number of halogens is 1. The van der Waals surface area contributed by atoms with Gasteiger partial charge in [-0.15, -0.1) is 12.4 Å². The minimum absolute atomic E-state index is 0. The van der Waals surface area contributed by atoms with Crippen molar-refractivity contribution in [3.8, 4) is 17.2 Å². The Morgan fingerprint density at radius 2 is 2.00 bits per heavy atom. The third-order valence-electron chi connectivity index (χ3n) is 4.56. The lowest BCUT2D eigenvalue weighted by molar-refractivity contribution is 0.229. The summed E-state index contributed by atoms with van der Waals surface area (Å²) in [5.74, 6) is 1.85. The second-order valence-electron chi connectivity index (χ2n) is 6.11. The molecule has 0 radical (unpaired) electrons. The van der Waals surface area contributed by atoms with Crippen LogP contribution in [0.4, 0.5) is 0 Å². The quantitative estimate of drug-likeness (QED) is 0.782. The maximum Gasteiger partial charge on any atom is 0.259 e. The maximum absolute atomic E-state index is 6.26. The number of rotatable bonds is 3. The van der Waals surface area contributed by atoms with Gasteiger partial charge in [0.15, 0.2) is 5.82 Å². The number of aryl methyl sites for hydroxylation is 1. The summed E-state index contributed by atoms with van der Waals surface area (Å²) < 4.78 is 10.7. The van der Waals surface area contributed by atoms with Crippen molar-refractivity contribution in [2.45, 2.75) is 31.7 Å². The molecule has 1 aliphatic carbocycles. The van der Waals surface area contributed by atoms with E-state index in [1.54, 1.807) is 7.11 Å². The van der Waals surface area contributed by atoms with Gasteiger partial charge in [0.05, 0.1) is 29.4 Å². The Morgan fingerprint density at radius 1 is 1.21 bits per heavy atom. The van der Waals surface area contributed by atoms with Gasteiger partial charge in [0.25, 0.3) is 5.89 Å². The van der Waals surface area contributed by atoms with E-state index in [0.717, 1.165) is 47.2 Å². The van der Waals surface area contributed by atoms with Gasteiger partial charge in [0, 0.05) is 11.5 Å². The molecule has 1 aliphatic rings. The monoisotopic (exact) mass is 346 g/mol. The topological polar surface area (TPSA) is 87.1 Å². The van der Waals surface area contributed by atoms with E-state index in [-0.39, 0.29) is 12.4 Å². The molecule has 0 atom stereocenters. The predicted octanol–water partition coefficient (Wildman–Crippen LogP) is 3.36. The number of aromatic nitrogens is 3. The number of hydrogen-bond donors (Lipinski definition) is 1. The summed E-state index contributed by atoms with van der Waals surface area (Å²) in [6.07, 6.45) is 2.92. The van der Waals surface area contributed by atoms with E-state index >= 15 is 0 Å². The molecule has 6 nitrogen and oxygen atoms in total. The van der Waals surface area contributed by atoms with E-state index in [1.165, 1.54) is 0 Å². The van der Waals surface area contributed by atoms with Crippen LogP contribution in [0.2, 0.25) is 0 Å². The van der Waals surface area contributed by atoms with Crippen molar-refractivity contribution in [1.29, 1.82) is 0 Å². The molecule has 2 N–H and O–H groups in total. The molecule has 1 fully saturated rings. The van der Waals surface area contributed by atoms with Crippen molar-refractivity contribution in [1.82, 2.24) is 15.1 Å². The van der Waals surface area contributed by atoms with Crippen LogP contribution < -0.4 is 10.5 Å². The van der Waals surface area contributed by atoms with E-state index in [1.807, 2.05) is 31.2 Å². The lowest BCUT2D eigenvalue weighted by atomic mass is 9.77. The summed E-state index contributed by atoms with van der Waals surface area (Å²) in [5, 5.41) is 5.07. The van der Waals surface area contributed by atoms with E-state index in [2.05, 4.69) is 15.1 Å². The molecule has 4 rings (SSSR count). The molecule has 0 saturated heterocycles. The third kappa shape index (κ3) is 2.61. The van der Waals surface area contributed by atoms with Crippen LogP contribution in [0.15, 0.2) is 28.8 Å². The van der Waals surface area contributed by atoms with E-state index < -0.39 is 5.54 Å². The van der Waals surface area contributed by atoms with Crippen LogP contribution in [0.1, 0.15) is 30.8 Å². The van der Waals surface area contributed by atoms with Gasteiger partial charge >= 0.3 is 0 Å². The smallest absolute Gasteiger partial charge is 0.259 e. The molecule has 0 amide bonds. The van der Waals surface area contributed by atoms with Gasteiger partial charge in [-0.2, -0.15) is 4.98 Å². The molecule has 0 unspecified atom stereocenters. The fourth-order valence-electron chi connectivity index (χ4n) is 2.90. The Balaban J connectivity index is 0.00000169. The highest BCUT2D eigenvalue weighted by Crippen LogP contribution is 2.38. The average molecular weight is 347 g/mol. The van der Waals surface area contributed by atoms with E-state index in [4.69, 9.17) is 15.0 Å². The van der Waals surface area contributed by atoms with Crippen molar-refractivity contribution in [3.63, 3.8) is 0 Å². The zero-order valence-corrected chi connectivity index (χ0v) is 14.4. The normalized spacial score (nSPS) is 15.6. The number of hydrogen-bond acceptors (Lipinski definition) is 6. The van der Waals surface area contributed by atoms with Crippen molar-refractivity contribution in [2.24, 2.45) is 5.73 Å². The van der Waals surface area contributed by atoms with Crippen LogP contribution in [0.3, 0.4) is 0 Å². The number of benzene rings is 1. The Labute approximate surface area is 145 Å². The first-order valence-corrected chi connectivity index (χ1v) is 7.68. The molecule has 1 aromatic carbocycles. The second-order valence-corrected chi connectivity index (χ2v) is 6.11. The van der Waals surface area contributed by atoms with Crippen LogP contribution >= 0.6 is 12.4 Å². The molecule has 126 valence electrons. The first-order valence-electron chi connectivity index (χ1n) is 7.68. The molecule has 7 heteroatoms. The van der Waals surface area contributed by atoms with Crippen molar-refractivity contribution in [2.75, 3.05) is 7.11 Å². The Morgan fingerprint density at radius 3 is 2.67 bits per heavy atom. The predicted molar refractivity (Wildman–Crippen MR) is 93.3 cm³/mol. The first kappa shape index (κ1) is 16.7. The lowest BCUT2D eigenvalue weighted by Crippen LogP contribution is -2.44. The van der Waals surface area contributed by atoms with Gasteiger partial charge in [-0.1, -0.05) is 5.16 Å².